The molecule has 0 aromatic rings. The molecule has 1 saturated heterocycles. The Balaban J connectivity index is 1.84. The minimum absolute atomic E-state index is 0.946. The van der Waals surface area contributed by atoms with E-state index in [-0.39, 0.29) is 0 Å². The first-order valence-corrected chi connectivity index (χ1v) is 5.80. The van der Waals surface area contributed by atoms with Crippen molar-refractivity contribution < 1.29 is 0 Å². The second-order valence-corrected chi connectivity index (χ2v) is 4.54. The van der Waals surface area contributed by atoms with E-state index in [1.54, 1.807) is 0 Å². The van der Waals surface area contributed by atoms with Gasteiger partial charge in [0, 0.05) is 19.1 Å². The van der Waals surface area contributed by atoms with Crippen LogP contribution in [0.4, 0.5) is 0 Å². The lowest BCUT2D eigenvalue weighted by molar-refractivity contribution is 0.184. The summed E-state index contributed by atoms with van der Waals surface area (Å²) in [6.07, 6.45) is 7.39. The third-order valence-electron chi connectivity index (χ3n) is 3.77. The van der Waals surface area contributed by atoms with Crippen molar-refractivity contribution in [1.82, 2.24) is 10.2 Å². The van der Waals surface area contributed by atoms with Crippen LogP contribution in [0.5, 0.6) is 0 Å². The van der Waals surface area contributed by atoms with E-state index in [0.29, 0.717) is 0 Å². The third-order valence-corrected chi connectivity index (χ3v) is 3.77. The van der Waals surface area contributed by atoms with Gasteiger partial charge in [0.2, 0.25) is 0 Å². The standard InChI is InChI=1S/C11H22N2/c1-12-7-9-13-8-6-10-4-2-3-5-11(10)13/h10-12H,2-9H2,1H3. The summed E-state index contributed by atoms with van der Waals surface area (Å²) in [5.74, 6) is 1.05. The SMILES string of the molecule is CNCCN1CCC2CCCCC21. The Morgan fingerprint density at radius 3 is 2.92 bits per heavy atom. The van der Waals surface area contributed by atoms with Gasteiger partial charge in [-0.3, -0.25) is 4.90 Å². The van der Waals surface area contributed by atoms with E-state index in [2.05, 4.69) is 17.3 Å². The molecule has 1 N–H and O–H groups in total. The van der Waals surface area contributed by atoms with Crippen molar-refractivity contribution in [3.8, 4) is 0 Å². The minimum atomic E-state index is 0.946. The summed E-state index contributed by atoms with van der Waals surface area (Å²) in [6.45, 7) is 3.78. The lowest BCUT2D eigenvalue weighted by atomic mass is 9.85. The van der Waals surface area contributed by atoms with Gasteiger partial charge < -0.3 is 5.32 Å². The fraction of sp³-hybridized carbons (Fsp3) is 1.00. The molecule has 1 aliphatic heterocycles. The molecule has 2 unspecified atom stereocenters. The second-order valence-electron chi connectivity index (χ2n) is 4.54. The number of nitrogens with zero attached hydrogens (tertiary/aromatic N) is 1. The van der Waals surface area contributed by atoms with Crippen LogP contribution in [0.1, 0.15) is 32.1 Å². The van der Waals surface area contributed by atoms with Crippen LogP contribution < -0.4 is 5.32 Å². The summed E-state index contributed by atoms with van der Waals surface area (Å²) >= 11 is 0. The predicted molar refractivity (Wildman–Crippen MR) is 55.9 cm³/mol. The van der Waals surface area contributed by atoms with E-state index in [1.807, 2.05) is 0 Å². The second kappa shape index (κ2) is 4.43. The molecule has 0 aromatic heterocycles. The van der Waals surface area contributed by atoms with Crippen molar-refractivity contribution in [3.63, 3.8) is 0 Å². The Labute approximate surface area is 81.7 Å². The number of rotatable bonds is 3. The number of hydrogen-bond acceptors (Lipinski definition) is 2. The van der Waals surface area contributed by atoms with Crippen LogP contribution in [0.2, 0.25) is 0 Å². The van der Waals surface area contributed by atoms with Crippen molar-refractivity contribution in [2.24, 2.45) is 5.92 Å². The topological polar surface area (TPSA) is 15.3 Å². The van der Waals surface area contributed by atoms with Crippen molar-refractivity contribution in [2.75, 3.05) is 26.7 Å². The van der Waals surface area contributed by atoms with Crippen LogP contribution in [-0.4, -0.2) is 37.6 Å². The van der Waals surface area contributed by atoms with E-state index in [0.717, 1.165) is 18.5 Å². The summed E-state index contributed by atoms with van der Waals surface area (Å²) < 4.78 is 0. The van der Waals surface area contributed by atoms with E-state index < -0.39 is 0 Å². The third kappa shape index (κ3) is 2.05. The molecule has 2 nitrogen and oxygen atoms in total. The van der Waals surface area contributed by atoms with Crippen molar-refractivity contribution in [2.45, 2.75) is 38.1 Å². The van der Waals surface area contributed by atoms with E-state index in [4.69, 9.17) is 0 Å². The summed E-state index contributed by atoms with van der Waals surface area (Å²) in [5, 5.41) is 3.25. The quantitative estimate of drug-likeness (QED) is 0.711. The minimum Gasteiger partial charge on any atom is -0.318 e. The maximum absolute atomic E-state index is 3.25. The number of likely N-dealkylation sites (N-methyl/N-ethyl adjacent to an activating group) is 1. The van der Waals surface area contributed by atoms with Gasteiger partial charge in [0.25, 0.3) is 0 Å². The molecule has 0 radical (unpaired) electrons. The average Bonchev–Trinajstić information content (AvgIpc) is 2.58. The highest BCUT2D eigenvalue weighted by Crippen LogP contribution is 2.35. The monoisotopic (exact) mass is 182 g/mol. The number of nitrogens with one attached hydrogen (secondary N) is 1. The van der Waals surface area contributed by atoms with Crippen LogP contribution in [-0.2, 0) is 0 Å². The molecule has 0 amide bonds. The van der Waals surface area contributed by atoms with Gasteiger partial charge in [0.15, 0.2) is 0 Å². The van der Waals surface area contributed by atoms with Crippen LogP contribution in [0, 0.1) is 5.92 Å². The molecule has 1 saturated carbocycles. The molecule has 2 aliphatic rings. The van der Waals surface area contributed by atoms with Crippen molar-refractivity contribution in [3.05, 3.63) is 0 Å². The normalized spacial score (nSPS) is 34.8. The van der Waals surface area contributed by atoms with E-state index in [1.165, 1.54) is 45.2 Å². The first kappa shape index (κ1) is 9.47. The Kier molecular flexibility index (Phi) is 3.23. The van der Waals surface area contributed by atoms with Gasteiger partial charge in [-0.25, -0.2) is 0 Å². The molecule has 2 rings (SSSR count). The highest BCUT2D eigenvalue weighted by atomic mass is 15.2. The van der Waals surface area contributed by atoms with Crippen molar-refractivity contribution >= 4 is 0 Å². The zero-order valence-corrected chi connectivity index (χ0v) is 8.76. The van der Waals surface area contributed by atoms with Gasteiger partial charge in [-0.05, 0) is 38.8 Å². The zero-order valence-electron chi connectivity index (χ0n) is 8.76. The lowest BCUT2D eigenvalue weighted by Gasteiger charge is -2.31. The summed E-state index contributed by atoms with van der Waals surface area (Å²) in [6, 6.07) is 0.946. The highest BCUT2D eigenvalue weighted by molar-refractivity contribution is 4.89. The summed E-state index contributed by atoms with van der Waals surface area (Å²) in [5.41, 5.74) is 0. The fourth-order valence-corrected chi connectivity index (χ4v) is 3.04. The number of fused-ring (bicyclic) bond motifs is 1. The molecule has 0 spiro atoms. The molecule has 0 bridgehead atoms. The maximum atomic E-state index is 3.25. The molecular weight excluding hydrogens is 160 g/mol. The zero-order chi connectivity index (χ0) is 9.10. The molecule has 76 valence electrons. The molecule has 0 aromatic carbocycles. The molecule has 2 atom stereocenters. The van der Waals surface area contributed by atoms with Gasteiger partial charge in [-0.15, -0.1) is 0 Å². The van der Waals surface area contributed by atoms with Gasteiger partial charge in [-0.1, -0.05) is 12.8 Å². The number of hydrogen-bond donors (Lipinski definition) is 1. The summed E-state index contributed by atoms with van der Waals surface area (Å²) in [7, 11) is 2.05. The van der Waals surface area contributed by atoms with Crippen LogP contribution in [0.3, 0.4) is 0 Å². The van der Waals surface area contributed by atoms with Crippen LogP contribution in [0.15, 0.2) is 0 Å². The fourth-order valence-electron chi connectivity index (χ4n) is 3.04. The number of likely N-dealkylation sites (tertiary alicyclic amines) is 1. The molecular formula is C11H22N2. The van der Waals surface area contributed by atoms with E-state index in [9.17, 15) is 0 Å². The van der Waals surface area contributed by atoms with Gasteiger partial charge in [0.1, 0.15) is 0 Å². The summed E-state index contributed by atoms with van der Waals surface area (Å²) in [4.78, 5) is 2.71. The molecule has 13 heavy (non-hydrogen) atoms. The lowest BCUT2D eigenvalue weighted by Crippen LogP contribution is -2.38. The van der Waals surface area contributed by atoms with E-state index >= 15 is 0 Å². The molecule has 1 heterocycles. The predicted octanol–water partition coefficient (Wildman–Crippen LogP) is 1.47. The Hall–Kier alpha value is -0.0800. The van der Waals surface area contributed by atoms with Gasteiger partial charge in [0.05, 0.1) is 0 Å². The highest BCUT2D eigenvalue weighted by Gasteiger charge is 2.34. The first-order valence-electron chi connectivity index (χ1n) is 5.80. The van der Waals surface area contributed by atoms with Crippen molar-refractivity contribution in [1.29, 1.82) is 0 Å². The Bertz CT molecular complexity index is 158. The molecule has 1 aliphatic carbocycles. The van der Waals surface area contributed by atoms with Gasteiger partial charge in [-0.2, -0.15) is 0 Å². The smallest absolute Gasteiger partial charge is 0.0124 e. The maximum Gasteiger partial charge on any atom is 0.0124 e. The van der Waals surface area contributed by atoms with Gasteiger partial charge >= 0.3 is 0 Å². The first-order chi connectivity index (χ1) is 6.42. The average molecular weight is 182 g/mol. The largest absolute Gasteiger partial charge is 0.318 e. The van der Waals surface area contributed by atoms with Crippen LogP contribution in [0.25, 0.3) is 0 Å². The molecule has 2 heteroatoms. The molecule has 2 fully saturated rings. The Morgan fingerprint density at radius 1 is 1.23 bits per heavy atom. The Morgan fingerprint density at radius 2 is 2.08 bits per heavy atom. The van der Waals surface area contributed by atoms with Crippen LogP contribution >= 0.6 is 0 Å².